The zero-order valence-electron chi connectivity index (χ0n) is 9.79. The third-order valence-corrected chi connectivity index (χ3v) is 3.29. The van der Waals surface area contributed by atoms with E-state index in [9.17, 15) is 0 Å². The van der Waals surface area contributed by atoms with Gasteiger partial charge in [0.25, 0.3) is 0 Å². The topological polar surface area (TPSA) is 35.8 Å². The second kappa shape index (κ2) is 5.14. The molecule has 0 amide bonds. The molecule has 0 bridgehead atoms. The van der Waals surface area contributed by atoms with Crippen molar-refractivity contribution in [2.45, 2.75) is 38.6 Å². The first-order chi connectivity index (χ1) is 7.85. The molecule has 0 saturated heterocycles. The predicted octanol–water partition coefficient (Wildman–Crippen LogP) is 2.42. The fraction of sp³-hybridized carbons (Fsp3) is 0.500. The van der Waals surface area contributed by atoms with Crippen molar-refractivity contribution in [1.82, 2.24) is 5.32 Å². The van der Waals surface area contributed by atoms with Crippen LogP contribution in [-0.4, -0.2) is 12.6 Å². The molecule has 0 radical (unpaired) electrons. The van der Waals surface area contributed by atoms with Crippen molar-refractivity contribution in [3.63, 3.8) is 0 Å². The normalized spacial score (nSPS) is 18.9. The highest BCUT2D eigenvalue weighted by molar-refractivity contribution is 5.44. The highest BCUT2D eigenvalue weighted by atomic mass is 14.9. The summed E-state index contributed by atoms with van der Waals surface area (Å²) in [5.74, 6) is 0. The van der Waals surface area contributed by atoms with E-state index in [-0.39, 0.29) is 0 Å². The molecule has 0 aromatic heterocycles. The molecule has 0 heterocycles. The van der Waals surface area contributed by atoms with Gasteiger partial charge < -0.3 is 5.32 Å². The molecular weight excluding hydrogens is 196 g/mol. The largest absolute Gasteiger partial charge is 0.314 e. The first kappa shape index (κ1) is 11.2. The monoisotopic (exact) mass is 214 g/mol. The lowest BCUT2D eigenvalue weighted by atomic mass is 9.85. The Bertz CT molecular complexity index is 404. The lowest BCUT2D eigenvalue weighted by molar-refractivity contribution is 0.458. The van der Waals surface area contributed by atoms with Crippen molar-refractivity contribution in [3.8, 4) is 6.07 Å². The maximum absolute atomic E-state index is 9.09. The summed E-state index contributed by atoms with van der Waals surface area (Å²) in [7, 11) is 0. The molecule has 1 aliphatic rings. The summed E-state index contributed by atoms with van der Waals surface area (Å²) in [6.07, 6.45) is 4.48. The van der Waals surface area contributed by atoms with Gasteiger partial charge in [-0.15, -0.1) is 0 Å². The quantitative estimate of drug-likeness (QED) is 0.838. The van der Waals surface area contributed by atoms with E-state index in [4.69, 9.17) is 5.26 Å². The number of nitrogens with zero attached hydrogens (tertiary/aromatic N) is 1. The Balaban J connectivity index is 2.16. The van der Waals surface area contributed by atoms with Gasteiger partial charge in [-0.2, -0.15) is 5.26 Å². The molecule has 0 saturated carbocycles. The van der Waals surface area contributed by atoms with Crippen LogP contribution < -0.4 is 5.32 Å². The van der Waals surface area contributed by atoms with Crippen molar-refractivity contribution >= 4 is 0 Å². The van der Waals surface area contributed by atoms with E-state index in [1.54, 1.807) is 0 Å². The number of aryl methyl sites for hydroxylation is 1. The number of nitriles is 1. The SMILES string of the molecule is CCCNC1CCc2cccc(C#N)c2C1. The Morgan fingerprint density at radius 2 is 2.38 bits per heavy atom. The predicted molar refractivity (Wildman–Crippen MR) is 65.3 cm³/mol. The lowest BCUT2D eigenvalue weighted by Gasteiger charge is -2.26. The number of benzene rings is 1. The molecular formula is C14H18N2. The molecule has 1 N–H and O–H groups in total. The van der Waals surface area contributed by atoms with Gasteiger partial charge in [-0.3, -0.25) is 0 Å². The Labute approximate surface area is 97.3 Å². The van der Waals surface area contributed by atoms with E-state index >= 15 is 0 Å². The van der Waals surface area contributed by atoms with Crippen molar-refractivity contribution in [2.24, 2.45) is 0 Å². The molecule has 1 aromatic rings. The van der Waals surface area contributed by atoms with E-state index < -0.39 is 0 Å². The van der Waals surface area contributed by atoms with Crippen LogP contribution >= 0.6 is 0 Å². The Hall–Kier alpha value is -1.33. The molecule has 2 rings (SSSR count). The van der Waals surface area contributed by atoms with Gasteiger partial charge in [0, 0.05) is 6.04 Å². The fourth-order valence-corrected chi connectivity index (χ4v) is 2.42. The minimum Gasteiger partial charge on any atom is -0.314 e. The maximum Gasteiger partial charge on any atom is 0.0994 e. The van der Waals surface area contributed by atoms with Crippen LogP contribution in [0.5, 0.6) is 0 Å². The molecule has 84 valence electrons. The third-order valence-electron chi connectivity index (χ3n) is 3.29. The minimum absolute atomic E-state index is 0.557. The third kappa shape index (κ3) is 2.25. The molecule has 0 spiro atoms. The van der Waals surface area contributed by atoms with Crippen molar-refractivity contribution in [1.29, 1.82) is 5.26 Å². The van der Waals surface area contributed by atoms with Crippen LogP contribution in [0.1, 0.15) is 36.5 Å². The Morgan fingerprint density at radius 3 is 3.12 bits per heavy atom. The average Bonchev–Trinajstić information content (AvgIpc) is 2.35. The zero-order chi connectivity index (χ0) is 11.4. The van der Waals surface area contributed by atoms with Crippen LogP contribution in [0.25, 0.3) is 0 Å². The van der Waals surface area contributed by atoms with Crippen LogP contribution in [0.2, 0.25) is 0 Å². The summed E-state index contributed by atoms with van der Waals surface area (Å²) >= 11 is 0. The van der Waals surface area contributed by atoms with E-state index in [0.717, 1.165) is 24.9 Å². The van der Waals surface area contributed by atoms with Gasteiger partial charge in [0.05, 0.1) is 11.6 Å². The number of nitrogens with one attached hydrogen (secondary N) is 1. The number of rotatable bonds is 3. The fourth-order valence-electron chi connectivity index (χ4n) is 2.42. The van der Waals surface area contributed by atoms with E-state index in [2.05, 4.69) is 24.4 Å². The van der Waals surface area contributed by atoms with Gasteiger partial charge in [-0.25, -0.2) is 0 Å². The number of fused-ring (bicyclic) bond motifs is 1. The molecule has 0 fully saturated rings. The average molecular weight is 214 g/mol. The molecule has 2 nitrogen and oxygen atoms in total. The Kier molecular flexibility index (Phi) is 3.58. The van der Waals surface area contributed by atoms with Gasteiger partial charge >= 0.3 is 0 Å². The van der Waals surface area contributed by atoms with Crippen LogP contribution in [0.3, 0.4) is 0 Å². The minimum atomic E-state index is 0.557. The first-order valence-electron chi connectivity index (χ1n) is 6.09. The Morgan fingerprint density at radius 1 is 1.50 bits per heavy atom. The molecule has 1 atom stereocenters. The smallest absolute Gasteiger partial charge is 0.0994 e. The van der Waals surface area contributed by atoms with E-state index in [1.807, 2.05) is 12.1 Å². The summed E-state index contributed by atoms with van der Waals surface area (Å²) in [6.45, 7) is 3.26. The molecule has 1 unspecified atom stereocenters. The summed E-state index contributed by atoms with van der Waals surface area (Å²) in [6, 6.07) is 8.95. The lowest BCUT2D eigenvalue weighted by Crippen LogP contribution is -2.35. The molecule has 2 heteroatoms. The van der Waals surface area contributed by atoms with E-state index in [1.165, 1.54) is 24.0 Å². The molecule has 16 heavy (non-hydrogen) atoms. The molecule has 1 aromatic carbocycles. The van der Waals surface area contributed by atoms with Gasteiger partial charge in [-0.1, -0.05) is 19.1 Å². The van der Waals surface area contributed by atoms with Gasteiger partial charge in [-0.05, 0) is 49.4 Å². The standard InChI is InChI=1S/C14H18N2/c1-2-8-16-13-7-6-11-4-3-5-12(10-15)14(11)9-13/h3-5,13,16H,2,6-9H2,1H3. The molecule has 1 aliphatic carbocycles. The zero-order valence-corrected chi connectivity index (χ0v) is 9.79. The van der Waals surface area contributed by atoms with Crippen LogP contribution in [0.15, 0.2) is 18.2 Å². The van der Waals surface area contributed by atoms with Crippen molar-refractivity contribution in [3.05, 3.63) is 34.9 Å². The van der Waals surface area contributed by atoms with Crippen molar-refractivity contribution < 1.29 is 0 Å². The summed E-state index contributed by atoms with van der Waals surface area (Å²) in [5.41, 5.74) is 3.50. The molecule has 0 aliphatic heterocycles. The van der Waals surface area contributed by atoms with Crippen LogP contribution in [-0.2, 0) is 12.8 Å². The van der Waals surface area contributed by atoms with Crippen molar-refractivity contribution in [2.75, 3.05) is 6.54 Å². The first-order valence-corrected chi connectivity index (χ1v) is 6.09. The highest BCUT2D eigenvalue weighted by Gasteiger charge is 2.19. The summed E-state index contributed by atoms with van der Waals surface area (Å²) in [5, 5.41) is 12.6. The van der Waals surface area contributed by atoms with E-state index in [0.29, 0.717) is 6.04 Å². The maximum atomic E-state index is 9.09. The van der Waals surface area contributed by atoms with Gasteiger partial charge in [0.2, 0.25) is 0 Å². The second-order valence-electron chi connectivity index (χ2n) is 4.45. The van der Waals surface area contributed by atoms with Gasteiger partial charge in [0.15, 0.2) is 0 Å². The van der Waals surface area contributed by atoms with Crippen LogP contribution in [0.4, 0.5) is 0 Å². The summed E-state index contributed by atoms with van der Waals surface area (Å²) < 4.78 is 0. The number of hydrogen-bond donors (Lipinski definition) is 1. The van der Waals surface area contributed by atoms with Gasteiger partial charge in [0.1, 0.15) is 0 Å². The highest BCUT2D eigenvalue weighted by Crippen LogP contribution is 2.24. The number of hydrogen-bond acceptors (Lipinski definition) is 2. The second-order valence-corrected chi connectivity index (χ2v) is 4.45. The van der Waals surface area contributed by atoms with Crippen LogP contribution in [0, 0.1) is 11.3 Å². The summed E-state index contributed by atoms with van der Waals surface area (Å²) in [4.78, 5) is 0.